The molecule has 3 N–H and O–H groups in total. The number of nitrogens with one attached hydrogen (secondary N) is 2. The summed E-state index contributed by atoms with van der Waals surface area (Å²) in [5.41, 5.74) is 0.913. The molecule has 4 rings (SSSR count). The quantitative estimate of drug-likeness (QED) is 0.641. The lowest BCUT2D eigenvalue weighted by Crippen LogP contribution is -2.59. The van der Waals surface area contributed by atoms with Gasteiger partial charge in [0, 0.05) is 30.7 Å². The van der Waals surface area contributed by atoms with E-state index in [1.807, 2.05) is 24.3 Å². The van der Waals surface area contributed by atoms with Crippen LogP contribution in [-0.4, -0.2) is 60.3 Å². The minimum Gasteiger partial charge on any atom is -0.497 e. The Morgan fingerprint density at radius 3 is 2.58 bits per heavy atom. The van der Waals surface area contributed by atoms with Gasteiger partial charge in [-0.1, -0.05) is 0 Å². The first-order valence-corrected chi connectivity index (χ1v) is 10.1. The van der Waals surface area contributed by atoms with Gasteiger partial charge in [-0.15, -0.1) is 24.8 Å². The van der Waals surface area contributed by atoms with Crippen LogP contribution in [0.15, 0.2) is 41.2 Å². The van der Waals surface area contributed by atoms with E-state index in [4.69, 9.17) is 4.74 Å². The molecule has 2 saturated heterocycles. The number of aromatic amines is 1. The fourth-order valence-electron chi connectivity index (χ4n) is 4.50. The highest BCUT2D eigenvalue weighted by Gasteiger charge is 2.44. The number of likely N-dealkylation sites (tertiary alicyclic amines) is 1. The molecule has 1 aromatic carbocycles. The largest absolute Gasteiger partial charge is 0.497 e. The Balaban J connectivity index is 0.00000171. The molecule has 2 aliphatic rings. The minimum absolute atomic E-state index is 0. The summed E-state index contributed by atoms with van der Waals surface area (Å²) in [5.74, 6) is 0.464. The normalized spacial score (nSPS) is 22.9. The van der Waals surface area contributed by atoms with E-state index >= 15 is 0 Å². The van der Waals surface area contributed by atoms with Crippen molar-refractivity contribution in [3.63, 3.8) is 0 Å². The third-order valence-electron chi connectivity index (χ3n) is 6.22. The van der Waals surface area contributed by atoms with E-state index < -0.39 is 11.7 Å². The van der Waals surface area contributed by atoms with Gasteiger partial charge in [-0.2, -0.15) is 0 Å². The lowest BCUT2D eigenvalue weighted by atomic mass is 9.72. The molecule has 0 unspecified atom stereocenters. The number of amides is 1. The molecule has 2 aromatic rings. The number of rotatable bonds is 3. The molecule has 1 amide bonds. The highest BCUT2D eigenvalue weighted by atomic mass is 35.5. The summed E-state index contributed by atoms with van der Waals surface area (Å²) in [6.45, 7) is 2.57. The third kappa shape index (κ3) is 5.06. The molecule has 0 bridgehead atoms. The maximum Gasteiger partial charge on any atom is 0.261 e. The Labute approximate surface area is 194 Å². The van der Waals surface area contributed by atoms with Crippen molar-refractivity contribution in [3.8, 4) is 17.0 Å². The van der Waals surface area contributed by atoms with Gasteiger partial charge >= 0.3 is 0 Å². The van der Waals surface area contributed by atoms with E-state index in [-0.39, 0.29) is 41.7 Å². The minimum atomic E-state index is -0.421. The maximum atomic E-state index is 13.1. The van der Waals surface area contributed by atoms with Crippen LogP contribution in [0, 0.1) is 5.41 Å². The molecule has 1 spiro atoms. The number of pyridine rings is 1. The second kappa shape index (κ2) is 10.5. The Bertz CT molecular complexity index is 947. The second-order valence-corrected chi connectivity index (χ2v) is 8.02. The van der Waals surface area contributed by atoms with Crippen molar-refractivity contribution in [1.29, 1.82) is 0 Å². The average Bonchev–Trinajstić information content (AvgIpc) is 2.76. The van der Waals surface area contributed by atoms with Crippen LogP contribution in [0.25, 0.3) is 11.3 Å². The zero-order chi connectivity index (χ0) is 20.4. The third-order valence-corrected chi connectivity index (χ3v) is 6.22. The molecule has 2 aliphatic heterocycles. The van der Waals surface area contributed by atoms with Gasteiger partial charge in [0.2, 0.25) is 0 Å². The molecule has 9 heteroatoms. The standard InChI is InChI=1S/C22H27N3O4.2ClH/c1-29-16-5-3-15(4-6-16)18-8-7-17(20(27)24-18)21(28)25-12-2-10-22(14-25)13-23-11-9-19(22)26;;/h3-8,19,23,26H,2,9-14H2,1H3,(H,24,27);2*1H/t19-,22-;;/m0../s1. The maximum absolute atomic E-state index is 13.1. The zero-order valence-electron chi connectivity index (χ0n) is 17.4. The molecule has 0 saturated carbocycles. The molecule has 0 aliphatic carbocycles. The van der Waals surface area contributed by atoms with Crippen molar-refractivity contribution in [2.24, 2.45) is 5.41 Å². The number of H-pyrrole nitrogens is 1. The second-order valence-electron chi connectivity index (χ2n) is 8.02. The van der Waals surface area contributed by atoms with Gasteiger partial charge in [0.05, 0.1) is 13.2 Å². The van der Waals surface area contributed by atoms with Crippen molar-refractivity contribution >= 4 is 30.7 Å². The number of aliphatic hydroxyl groups excluding tert-OH is 1. The topological polar surface area (TPSA) is 94.7 Å². The molecule has 3 heterocycles. The predicted octanol–water partition coefficient (Wildman–Crippen LogP) is 2.47. The van der Waals surface area contributed by atoms with Crippen LogP contribution in [0.5, 0.6) is 5.75 Å². The average molecular weight is 470 g/mol. The summed E-state index contributed by atoms with van der Waals surface area (Å²) in [7, 11) is 1.60. The summed E-state index contributed by atoms with van der Waals surface area (Å²) in [6, 6.07) is 10.7. The summed E-state index contributed by atoms with van der Waals surface area (Å²) >= 11 is 0. The lowest BCUT2D eigenvalue weighted by molar-refractivity contribution is -0.0433. The number of aliphatic hydroxyl groups is 1. The Hall–Kier alpha value is -2.06. The number of benzene rings is 1. The van der Waals surface area contributed by atoms with Gasteiger partial charge in [-0.25, -0.2) is 0 Å². The van der Waals surface area contributed by atoms with Gasteiger partial charge in [0.15, 0.2) is 0 Å². The first-order valence-electron chi connectivity index (χ1n) is 10.1. The van der Waals surface area contributed by atoms with Crippen molar-refractivity contribution in [1.82, 2.24) is 15.2 Å². The molecular weight excluding hydrogens is 441 g/mol. The number of aromatic nitrogens is 1. The number of piperidine rings is 2. The Morgan fingerprint density at radius 2 is 1.94 bits per heavy atom. The van der Waals surface area contributed by atoms with Crippen LogP contribution >= 0.6 is 24.8 Å². The van der Waals surface area contributed by atoms with Gasteiger partial charge in [-0.05, 0) is 67.8 Å². The smallest absolute Gasteiger partial charge is 0.261 e. The molecule has 7 nitrogen and oxygen atoms in total. The monoisotopic (exact) mass is 469 g/mol. The first kappa shape index (κ1) is 25.2. The van der Waals surface area contributed by atoms with E-state index in [1.54, 1.807) is 24.1 Å². The van der Waals surface area contributed by atoms with Gasteiger partial charge in [0.1, 0.15) is 11.3 Å². The number of nitrogens with zero attached hydrogens (tertiary/aromatic N) is 1. The number of methoxy groups -OCH3 is 1. The lowest BCUT2D eigenvalue weighted by Gasteiger charge is -2.48. The van der Waals surface area contributed by atoms with Crippen LogP contribution < -0.4 is 15.6 Å². The molecule has 0 radical (unpaired) electrons. The number of hydrogen-bond donors (Lipinski definition) is 3. The Morgan fingerprint density at radius 1 is 1.19 bits per heavy atom. The first-order chi connectivity index (χ1) is 14.0. The van der Waals surface area contributed by atoms with Crippen LogP contribution in [0.1, 0.15) is 29.6 Å². The predicted molar refractivity (Wildman–Crippen MR) is 125 cm³/mol. The molecule has 1 aromatic heterocycles. The van der Waals surface area contributed by atoms with Gasteiger partial charge in [0.25, 0.3) is 11.5 Å². The van der Waals surface area contributed by atoms with Crippen molar-refractivity contribution < 1.29 is 14.6 Å². The van der Waals surface area contributed by atoms with E-state index in [2.05, 4.69) is 10.3 Å². The molecule has 2 fully saturated rings. The molecular formula is C22H29Cl2N3O4. The fourth-order valence-corrected chi connectivity index (χ4v) is 4.50. The molecule has 31 heavy (non-hydrogen) atoms. The Kier molecular flexibility index (Phi) is 8.54. The number of halogens is 2. The summed E-state index contributed by atoms with van der Waals surface area (Å²) in [6.07, 6.45) is 1.98. The summed E-state index contributed by atoms with van der Waals surface area (Å²) < 4.78 is 5.16. The highest BCUT2D eigenvalue weighted by molar-refractivity contribution is 5.94. The van der Waals surface area contributed by atoms with Crippen LogP contribution in [-0.2, 0) is 0 Å². The number of hydrogen-bond acceptors (Lipinski definition) is 5. The van der Waals surface area contributed by atoms with E-state index in [0.717, 1.165) is 30.7 Å². The summed E-state index contributed by atoms with van der Waals surface area (Å²) in [5, 5.41) is 13.9. The van der Waals surface area contributed by atoms with Crippen LogP contribution in [0.2, 0.25) is 0 Å². The summed E-state index contributed by atoms with van der Waals surface area (Å²) in [4.78, 5) is 30.3. The number of ether oxygens (including phenoxy) is 1. The van der Waals surface area contributed by atoms with Crippen LogP contribution in [0.3, 0.4) is 0 Å². The van der Waals surface area contributed by atoms with E-state index in [0.29, 0.717) is 31.7 Å². The van der Waals surface area contributed by atoms with Gasteiger partial charge < -0.3 is 25.0 Å². The van der Waals surface area contributed by atoms with E-state index in [1.165, 1.54) is 0 Å². The van der Waals surface area contributed by atoms with Crippen molar-refractivity contribution in [3.05, 3.63) is 52.3 Å². The van der Waals surface area contributed by atoms with Crippen LogP contribution in [0.4, 0.5) is 0 Å². The zero-order valence-corrected chi connectivity index (χ0v) is 19.1. The number of carbonyl (C=O) groups is 1. The fraction of sp³-hybridized carbons (Fsp3) is 0.455. The SMILES string of the molecule is COc1ccc(-c2ccc(C(=O)N3CCC[C@]4(CNCC[C@@H]4O)C3)c(=O)[nH]2)cc1.Cl.Cl. The number of carbonyl (C=O) groups excluding carboxylic acids is 1. The molecule has 170 valence electrons. The van der Waals surface area contributed by atoms with E-state index in [9.17, 15) is 14.7 Å². The van der Waals surface area contributed by atoms with Crippen molar-refractivity contribution in [2.45, 2.75) is 25.4 Å². The molecule has 2 atom stereocenters. The van der Waals surface area contributed by atoms with Gasteiger partial charge in [-0.3, -0.25) is 9.59 Å². The van der Waals surface area contributed by atoms with Crippen molar-refractivity contribution in [2.75, 3.05) is 33.3 Å². The highest BCUT2D eigenvalue weighted by Crippen LogP contribution is 2.36.